The number of nitrogens with one attached hydrogen (secondary N) is 2. The van der Waals surface area contributed by atoms with Gasteiger partial charge in [0.15, 0.2) is 5.82 Å². The quantitative estimate of drug-likeness (QED) is 0.769. The Morgan fingerprint density at radius 3 is 2.52 bits per heavy atom. The summed E-state index contributed by atoms with van der Waals surface area (Å²) in [5, 5.41) is 6.77. The van der Waals surface area contributed by atoms with Crippen LogP contribution in [0.2, 0.25) is 0 Å². The van der Waals surface area contributed by atoms with E-state index >= 15 is 0 Å². The Bertz CT molecular complexity index is 936. The average Bonchev–Trinajstić information content (AvgIpc) is 2.94. The maximum absolute atomic E-state index is 12.9. The van der Waals surface area contributed by atoms with Crippen LogP contribution in [0.15, 0.2) is 53.4 Å². The van der Waals surface area contributed by atoms with Crippen LogP contribution >= 0.6 is 0 Å². The first kappa shape index (κ1) is 15.2. The molecule has 3 aromatic rings. The summed E-state index contributed by atoms with van der Waals surface area (Å²) in [6, 6.07) is 11.3. The van der Waals surface area contributed by atoms with E-state index < -0.39 is 15.8 Å². The van der Waals surface area contributed by atoms with Crippen LogP contribution in [-0.4, -0.2) is 23.6 Å². The van der Waals surface area contributed by atoms with Crippen LogP contribution in [0.25, 0.3) is 11.4 Å². The number of anilines is 1. The number of rotatable bonds is 4. The Kier molecular flexibility index (Phi) is 3.83. The molecule has 23 heavy (non-hydrogen) atoms. The first-order valence-corrected chi connectivity index (χ1v) is 8.20. The lowest BCUT2D eigenvalue weighted by atomic mass is 10.2. The highest BCUT2D eigenvalue weighted by molar-refractivity contribution is 7.92. The normalized spacial score (nSPS) is 11.4. The number of sulfonamides is 1. The van der Waals surface area contributed by atoms with Gasteiger partial charge in [-0.1, -0.05) is 12.1 Å². The summed E-state index contributed by atoms with van der Waals surface area (Å²) in [5.74, 6) is 0.647. The molecule has 0 aliphatic rings. The predicted molar refractivity (Wildman–Crippen MR) is 83.8 cm³/mol. The molecule has 0 radical (unpaired) electrons. The highest BCUT2D eigenvalue weighted by Crippen LogP contribution is 2.22. The standard InChI is InChI=1S/C15H13FN4O2S/c1-10-17-15(19-18-10)11-3-2-4-13(9-11)20-23(21,22)14-7-5-12(16)6-8-14/h2-9,20H,1H3,(H,17,18,19). The summed E-state index contributed by atoms with van der Waals surface area (Å²) in [6.07, 6.45) is 0. The molecular weight excluding hydrogens is 319 g/mol. The third-order valence-corrected chi connectivity index (χ3v) is 4.49. The van der Waals surface area contributed by atoms with Gasteiger partial charge >= 0.3 is 0 Å². The van der Waals surface area contributed by atoms with Gasteiger partial charge in [-0.2, -0.15) is 5.10 Å². The highest BCUT2D eigenvalue weighted by atomic mass is 32.2. The zero-order valence-corrected chi connectivity index (χ0v) is 12.9. The predicted octanol–water partition coefficient (Wildman–Crippen LogP) is 2.72. The molecule has 0 saturated carbocycles. The maximum Gasteiger partial charge on any atom is 0.261 e. The minimum absolute atomic E-state index is 0.0157. The van der Waals surface area contributed by atoms with E-state index in [0.29, 0.717) is 22.9 Å². The van der Waals surface area contributed by atoms with Crippen LogP contribution in [0.4, 0.5) is 10.1 Å². The molecule has 0 saturated heterocycles. The van der Waals surface area contributed by atoms with Crippen molar-refractivity contribution >= 4 is 15.7 Å². The summed E-state index contributed by atoms with van der Waals surface area (Å²) < 4.78 is 40.0. The molecule has 1 heterocycles. The SMILES string of the molecule is Cc1nc(-c2cccc(NS(=O)(=O)c3ccc(F)cc3)c2)n[nH]1. The molecule has 0 aliphatic heterocycles. The molecule has 3 rings (SSSR count). The molecule has 0 bridgehead atoms. The first-order chi connectivity index (χ1) is 10.9. The Balaban J connectivity index is 1.89. The second-order valence-electron chi connectivity index (χ2n) is 4.88. The maximum atomic E-state index is 12.9. The average molecular weight is 332 g/mol. The number of benzene rings is 2. The van der Waals surface area contributed by atoms with E-state index in [1.807, 2.05) is 0 Å². The van der Waals surface area contributed by atoms with Gasteiger partial charge in [-0.25, -0.2) is 17.8 Å². The van der Waals surface area contributed by atoms with Crippen molar-refractivity contribution in [1.29, 1.82) is 0 Å². The second-order valence-corrected chi connectivity index (χ2v) is 6.57. The van der Waals surface area contributed by atoms with Crippen molar-refractivity contribution < 1.29 is 12.8 Å². The van der Waals surface area contributed by atoms with Crippen LogP contribution in [0.5, 0.6) is 0 Å². The van der Waals surface area contributed by atoms with Crippen molar-refractivity contribution in [2.45, 2.75) is 11.8 Å². The fourth-order valence-corrected chi connectivity index (χ4v) is 3.07. The van der Waals surface area contributed by atoms with Crippen molar-refractivity contribution in [2.24, 2.45) is 0 Å². The van der Waals surface area contributed by atoms with Crippen molar-refractivity contribution in [1.82, 2.24) is 15.2 Å². The van der Waals surface area contributed by atoms with E-state index in [-0.39, 0.29) is 4.90 Å². The number of aryl methyl sites for hydroxylation is 1. The molecule has 6 nitrogen and oxygen atoms in total. The molecule has 2 aromatic carbocycles. The van der Waals surface area contributed by atoms with Crippen molar-refractivity contribution in [2.75, 3.05) is 4.72 Å². The molecule has 0 fully saturated rings. The minimum atomic E-state index is -3.79. The van der Waals surface area contributed by atoms with E-state index in [1.165, 1.54) is 12.1 Å². The highest BCUT2D eigenvalue weighted by Gasteiger charge is 2.15. The summed E-state index contributed by atoms with van der Waals surface area (Å²) in [4.78, 5) is 4.19. The van der Waals surface area contributed by atoms with Crippen molar-refractivity contribution in [3.63, 3.8) is 0 Å². The molecule has 0 spiro atoms. The van der Waals surface area contributed by atoms with E-state index in [1.54, 1.807) is 31.2 Å². The van der Waals surface area contributed by atoms with E-state index in [2.05, 4.69) is 19.9 Å². The van der Waals surface area contributed by atoms with Gasteiger partial charge in [-0.05, 0) is 43.3 Å². The van der Waals surface area contributed by atoms with Gasteiger partial charge in [0.2, 0.25) is 0 Å². The van der Waals surface area contributed by atoms with E-state index in [0.717, 1.165) is 12.1 Å². The van der Waals surface area contributed by atoms with Gasteiger partial charge in [-0.15, -0.1) is 0 Å². The molecule has 8 heteroatoms. The number of aromatic amines is 1. The van der Waals surface area contributed by atoms with Crippen LogP contribution in [0.1, 0.15) is 5.82 Å². The van der Waals surface area contributed by atoms with E-state index in [4.69, 9.17) is 0 Å². The van der Waals surface area contributed by atoms with Crippen LogP contribution in [0.3, 0.4) is 0 Å². The molecule has 2 N–H and O–H groups in total. The molecule has 0 aliphatic carbocycles. The number of hydrogen-bond acceptors (Lipinski definition) is 4. The molecule has 0 unspecified atom stereocenters. The van der Waals surface area contributed by atoms with Gasteiger partial charge in [0.25, 0.3) is 10.0 Å². The van der Waals surface area contributed by atoms with Gasteiger partial charge in [0.05, 0.1) is 4.90 Å². The fourth-order valence-electron chi connectivity index (χ4n) is 2.02. The number of halogens is 1. The van der Waals surface area contributed by atoms with Crippen LogP contribution in [-0.2, 0) is 10.0 Å². The smallest absolute Gasteiger partial charge is 0.261 e. The molecular formula is C15H13FN4O2S. The van der Waals surface area contributed by atoms with Gasteiger partial charge in [0.1, 0.15) is 11.6 Å². The topological polar surface area (TPSA) is 87.7 Å². The Hall–Kier alpha value is -2.74. The number of aromatic nitrogens is 3. The third kappa shape index (κ3) is 3.37. The fraction of sp³-hybridized carbons (Fsp3) is 0.0667. The largest absolute Gasteiger partial charge is 0.280 e. The lowest BCUT2D eigenvalue weighted by Gasteiger charge is -2.08. The Morgan fingerprint density at radius 1 is 1.13 bits per heavy atom. The lowest BCUT2D eigenvalue weighted by Crippen LogP contribution is -2.12. The first-order valence-electron chi connectivity index (χ1n) is 6.72. The molecule has 118 valence electrons. The van der Waals surface area contributed by atoms with Crippen molar-refractivity contribution in [3.05, 3.63) is 60.2 Å². The Labute approximate surface area is 132 Å². The van der Waals surface area contributed by atoms with Gasteiger partial charge < -0.3 is 0 Å². The third-order valence-electron chi connectivity index (χ3n) is 3.09. The summed E-state index contributed by atoms with van der Waals surface area (Å²) in [6.45, 7) is 1.78. The molecule has 0 amide bonds. The Morgan fingerprint density at radius 2 is 1.87 bits per heavy atom. The number of nitrogens with zero attached hydrogens (tertiary/aromatic N) is 2. The van der Waals surface area contributed by atoms with Crippen molar-refractivity contribution in [3.8, 4) is 11.4 Å². The lowest BCUT2D eigenvalue weighted by molar-refractivity contribution is 0.599. The van der Waals surface area contributed by atoms with E-state index in [9.17, 15) is 12.8 Å². The van der Waals surface area contributed by atoms with Gasteiger partial charge in [0, 0.05) is 11.3 Å². The minimum Gasteiger partial charge on any atom is -0.280 e. The van der Waals surface area contributed by atoms with Crippen LogP contribution in [0, 0.1) is 12.7 Å². The summed E-state index contributed by atoms with van der Waals surface area (Å²) in [5.41, 5.74) is 1.04. The number of H-pyrrole nitrogens is 1. The number of hydrogen-bond donors (Lipinski definition) is 2. The summed E-state index contributed by atoms with van der Waals surface area (Å²) >= 11 is 0. The molecule has 0 atom stereocenters. The van der Waals surface area contributed by atoms with Crippen LogP contribution < -0.4 is 4.72 Å². The van der Waals surface area contributed by atoms with Gasteiger partial charge in [-0.3, -0.25) is 9.82 Å². The molecule has 1 aromatic heterocycles. The summed E-state index contributed by atoms with van der Waals surface area (Å²) in [7, 11) is -3.79. The monoisotopic (exact) mass is 332 g/mol. The zero-order chi connectivity index (χ0) is 16.4. The second kappa shape index (κ2) is 5.81. The zero-order valence-electron chi connectivity index (χ0n) is 12.1.